The fourth-order valence-electron chi connectivity index (χ4n) is 2.75. The third-order valence-electron chi connectivity index (χ3n) is 4.14. The quantitative estimate of drug-likeness (QED) is 0.334. The van der Waals surface area contributed by atoms with Gasteiger partial charge in [0.2, 0.25) is 0 Å². The minimum Gasteiger partial charge on any atom is -0.484 e. The number of thiophene rings is 1. The van der Waals surface area contributed by atoms with Crippen LogP contribution in [0.3, 0.4) is 0 Å². The van der Waals surface area contributed by atoms with Crippen molar-refractivity contribution in [3.63, 3.8) is 0 Å². The van der Waals surface area contributed by atoms with Gasteiger partial charge in [-0.1, -0.05) is 0 Å². The Labute approximate surface area is 188 Å². The zero-order valence-corrected chi connectivity index (χ0v) is 19.2. The Kier molecular flexibility index (Phi) is 8.30. The molecule has 2 aromatic rings. The van der Waals surface area contributed by atoms with Gasteiger partial charge >= 0.3 is 11.9 Å². The molecule has 172 valence electrons. The number of nitro benzene ring substituents is 1. The second-order valence-electron chi connectivity index (χ2n) is 6.98. The number of nitrogens with one attached hydrogen (secondary N) is 1. The number of hydrogen-bond donors (Lipinski definition) is 1. The van der Waals surface area contributed by atoms with E-state index in [0.29, 0.717) is 11.1 Å². The Balaban J connectivity index is 2.20. The molecule has 1 N–H and O–H groups in total. The summed E-state index contributed by atoms with van der Waals surface area (Å²) in [7, 11) is 0. The van der Waals surface area contributed by atoms with E-state index in [9.17, 15) is 24.5 Å². The van der Waals surface area contributed by atoms with Gasteiger partial charge in [0.25, 0.3) is 11.6 Å². The summed E-state index contributed by atoms with van der Waals surface area (Å²) in [5.74, 6) is -1.59. The van der Waals surface area contributed by atoms with Crippen LogP contribution in [0.1, 0.15) is 51.9 Å². The molecule has 0 aliphatic carbocycles. The van der Waals surface area contributed by atoms with Crippen LogP contribution in [0.5, 0.6) is 5.75 Å². The van der Waals surface area contributed by atoms with E-state index in [4.69, 9.17) is 14.2 Å². The van der Waals surface area contributed by atoms with Crippen LogP contribution in [-0.2, 0) is 14.3 Å². The van der Waals surface area contributed by atoms with E-state index in [1.807, 2.05) is 0 Å². The number of anilines is 1. The molecule has 0 radical (unpaired) electrons. The van der Waals surface area contributed by atoms with Crippen molar-refractivity contribution in [3.8, 4) is 5.75 Å². The van der Waals surface area contributed by atoms with Crippen LogP contribution in [-0.4, -0.2) is 42.1 Å². The normalized spacial score (nSPS) is 10.6. The molecule has 11 heteroatoms. The third kappa shape index (κ3) is 6.03. The van der Waals surface area contributed by atoms with Gasteiger partial charge in [-0.2, -0.15) is 0 Å². The molecule has 0 fully saturated rings. The number of carbonyl (C=O) groups is 3. The summed E-state index contributed by atoms with van der Waals surface area (Å²) in [5, 5.41) is 13.6. The summed E-state index contributed by atoms with van der Waals surface area (Å²) in [6, 6.07) is 4.12. The molecule has 1 aromatic heterocycles. The highest BCUT2D eigenvalue weighted by molar-refractivity contribution is 7.18. The summed E-state index contributed by atoms with van der Waals surface area (Å²) < 4.78 is 15.7. The molecule has 0 bridgehead atoms. The molecule has 10 nitrogen and oxygen atoms in total. The van der Waals surface area contributed by atoms with Crippen molar-refractivity contribution in [1.29, 1.82) is 0 Å². The average Bonchev–Trinajstić information content (AvgIpc) is 3.01. The fourth-order valence-corrected chi connectivity index (χ4v) is 3.84. The predicted octanol–water partition coefficient (Wildman–Crippen LogP) is 4.03. The zero-order valence-electron chi connectivity index (χ0n) is 18.3. The van der Waals surface area contributed by atoms with Crippen molar-refractivity contribution in [2.24, 2.45) is 0 Å². The maximum Gasteiger partial charge on any atom is 0.348 e. The number of esters is 2. The Hall–Kier alpha value is -3.47. The lowest BCUT2D eigenvalue weighted by atomic mass is 10.1. The molecule has 1 aromatic carbocycles. The number of hydrogen-bond acceptors (Lipinski definition) is 9. The van der Waals surface area contributed by atoms with Crippen LogP contribution < -0.4 is 10.1 Å². The standard InChI is InChI=1S/C21H24N2O8S/c1-6-29-20(25)17-13(5)18(21(26)31-11(2)3)32-19(17)22-16(24)10-30-14-7-8-15(23(27)28)12(4)9-14/h7-9,11H,6,10H2,1-5H3,(H,22,24). The first kappa shape index (κ1) is 24.8. The Morgan fingerprint density at radius 3 is 2.44 bits per heavy atom. The number of nitrogens with zero attached hydrogens (tertiary/aromatic N) is 1. The number of amides is 1. The number of benzene rings is 1. The topological polar surface area (TPSA) is 134 Å². The molecule has 32 heavy (non-hydrogen) atoms. The van der Waals surface area contributed by atoms with Crippen LogP contribution in [0, 0.1) is 24.0 Å². The van der Waals surface area contributed by atoms with E-state index >= 15 is 0 Å². The Morgan fingerprint density at radius 1 is 1.19 bits per heavy atom. The summed E-state index contributed by atoms with van der Waals surface area (Å²) >= 11 is 0.910. The third-order valence-corrected chi connectivity index (χ3v) is 5.33. The lowest BCUT2D eigenvalue weighted by molar-refractivity contribution is -0.385. The molecule has 1 heterocycles. The van der Waals surface area contributed by atoms with Gasteiger partial charge in [0.05, 0.1) is 23.2 Å². The van der Waals surface area contributed by atoms with Crippen LogP contribution in [0.25, 0.3) is 0 Å². The molecule has 0 aliphatic heterocycles. The molecule has 1 amide bonds. The van der Waals surface area contributed by atoms with Crippen LogP contribution in [0.2, 0.25) is 0 Å². The largest absolute Gasteiger partial charge is 0.484 e. The highest BCUT2D eigenvalue weighted by Gasteiger charge is 2.28. The molecule has 0 aliphatic rings. The average molecular weight is 464 g/mol. The van der Waals surface area contributed by atoms with Crippen molar-refractivity contribution in [1.82, 2.24) is 0 Å². The Bertz CT molecular complexity index is 1040. The summed E-state index contributed by atoms with van der Waals surface area (Å²) in [6.07, 6.45) is -0.355. The molecule has 2 rings (SSSR count). The molecular formula is C21H24N2O8S. The van der Waals surface area contributed by atoms with E-state index in [1.165, 1.54) is 18.2 Å². The molecule has 0 saturated carbocycles. The zero-order chi connectivity index (χ0) is 24.0. The maximum absolute atomic E-state index is 12.4. The predicted molar refractivity (Wildman–Crippen MR) is 118 cm³/mol. The fraction of sp³-hybridized carbons (Fsp3) is 0.381. The van der Waals surface area contributed by atoms with Gasteiger partial charge in [0.1, 0.15) is 15.6 Å². The van der Waals surface area contributed by atoms with E-state index < -0.39 is 29.4 Å². The van der Waals surface area contributed by atoms with E-state index in [2.05, 4.69) is 5.32 Å². The van der Waals surface area contributed by atoms with Crippen LogP contribution in [0.15, 0.2) is 18.2 Å². The van der Waals surface area contributed by atoms with Crippen molar-refractivity contribution < 1.29 is 33.5 Å². The van der Waals surface area contributed by atoms with Gasteiger partial charge in [0, 0.05) is 11.6 Å². The van der Waals surface area contributed by atoms with Gasteiger partial charge in [-0.05, 0) is 52.3 Å². The van der Waals surface area contributed by atoms with Crippen molar-refractivity contribution in [2.45, 2.75) is 40.7 Å². The number of rotatable bonds is 9. The van der Waals surface area contributed by atoms with Gasteiger partial charge in [0.15, 0.2) is 6.61 Å². The van der Waals surface area contributed by atoms with Crippen molar-refractivity contribution >= 4 is 39.9 Å². The first-order valence-electron chi connectivity index (χ1n) is 9.74. The molecule has 0 saturated heterocycles. The second kappa shape index (κ2) is 10.7. The summed E-state index contributed by atoms with van der Waals surface area (Å²) in [4.78, 5) is 47.8. The smallest absolute Gasteiger partial charge is 0.348 e. The molecular weight excluding hydrogens is 440 g/mol. The highest BCUT2D eigenvalue weighted by atomic mass is 32.1. The van der Waals surface area contributed by atoms with Crippen molar-refractivity contribution in [2.75, 3.05) is 18.5 Å². The van der Waals surface area contributed by atoms with Gasteiger partial charge in [-0.15, -0.1) is 11.3 Å². The van der Waals surface area contributed by atoms with Gasteiger partial charge < -0.3 is 19.5 Å². The molecule has 0 atom stereocenters. The number of carbonyl (C=O) groups excluding carboxylic acids is 3. The highest BCUT2D eigenvalue weighted by Crippen LogP contribution is 2.34. The molecule has 0 spiro atoms. The molecule has 0 unspecified atom stereocenters. The SMILES string of the molecule is CCOC(=O)c1c(NC(=O)COc2ccc([N+](=O)[O-])c(C)c2)sc(C(=O)OC(C)C)c1C. The summed E-state index contributed by atoms with van der Waals surface area (Å²) in [6.45, 7) is 7.89. The van der Waals surface area contributed by atoms with Gasteiger partial charge in [-0.3, -0.25) is 14.9 Å². The lowest BCUT2D eigenvalue weighted by Gasteiger charge is -2.09. The van der Waals surface area contributed by atoms with E-state index in [-0.39, 0.29) is 39.6 Å². The lowest BCUT2D eigenvalue weighted by Crippen LogP contribution is -2.21. The first-order valence-corrected chi connectivity index (χ1v) is 10.6. The maximum atomic E-state index is 12.4. The number of aryl methyl sites for hydroxylation is 1. The van der Waals surface area contributed by atoms with E-state index in [1.54, 1.807) is 34.6 Å². The van der Waals surface area contributed by atoms with Crippen LogP contribution in [0.4, 0.5) is 10.7 Å². The monoisotopic (exact) mass is 464 g/mol. The van der Waals surface area contributed by atoms with Crippen LogP contribution >= 0.6 is 11.3 Å². The second-order valence-corrected chi connectivity index (χ2v) is 8.00. The minimum absolute atomic E-state index is 0.0595. The van der Waals surface area contributed by atoms with Gasteiger partial charge in [-0.25, -0.2) is 9.59 Å². The van der Waals surface area contributed by atoms with E-state index in [0.717, 1.165) is 11.3 Å². The first-order chi connectivity index (χ1) is 15.0. The minimum atomic E-state index is -0.674. The Morgan fingerprint density at radius 2 is 1.88 bits per heavy atom. The summed E-state index contributed by atoms with van der Waals surface area (Å²) in [5.41, 5.74) is 0.754. The van der Waals surface area contributed by atoms with Crippen molar-refractivity contribution in [3.05, 3.63) is 49.9 Å². The number of ether oxygens (including phenoxy) is 3. The number of nitro groups is 1.